The van der Waals surface area contributed by atoms with Crippen molar-refractivity contribution in [2.75, 3.05) is 6.54 Å². The van der Waals surface area contributed by atoms with Crippen molar-refractivity contribution in [1.82, 2.24) is 29.3 Å². The Kier molecular flexibility index (Phi) is 3.71. The lowest BCUT2D eigenvalue weighted by molar-refractivity contribution is 0.0732. The fraction of sp³-hybridized carbons (Fsp3) is 0.444. The summed E-state index contributed by atoms with van der Waals surface area (Å²) in [5.41, 5.74) is 4.15. The first kappa shape index (κ1) is 16.6. The fourth-order valence-corrected chi connectivity index (χ4v) is 3.60. The molecule has 0 saturated carbocycles. The SMILES string of the molecule is Cc1nc2cc(C3CCCN3C(=O)c3cnn(C)c3C)[nH]n2c(=O)c1C. The molecule has 1 unspecified atom stereocenters. The summed E-state index contributed by atoms with van der Waals surface area (Å²) in [5, 5.41) is 7.34. The van der Waals surface area contributed by atoms with Gasteiger partial charge in [-0.25, -0.2) is 9.50 Å². The molecule has 0 spiro atoms. The van der Waals surface area contributed by atoms with Gasteiger partial charge in [0.25, 0.3) is 11.5 Å². The number of rotatable bonds is 2. The van der Waals surface area contributed by atoms with Gasteiger partial charge in [0.1, 0.15) is 0 Å². The van der Waals surface area contributed by atoms with Crippen LogP contribution in [0.2, 0.25) is 0 Å². The van der Waals surface area contributed by atoms with Crippen LogP contribution in [0.5, 0.6) is 0 Å². The van der Waals surface area contributed by atoms with Gasteiger partial charge in [0.15, 0.2) is 5.65 Å². The number of fused-ring (bicyclic) bond motifs is 1. The molecule has 0 bridgehead atoms. The highest BCUT2D eigenvalue weighted by molar-refractivity contribution is 5.95. The molecule has 1 atom stereocenters. The largest absolute Gasteiger partial charge is 0.330 e. The number of hydrogen-bond acceptors (Lipinski definition) is 4. The Morgan fingerprint density at radius 1 is 1.31 bits per heavy atom. The molecule has 26 heavy (non-hydrogen) atoms. The predicted octanol–water partition coefficient (Wildman–Crippen LogP) is 1.66. The number of likely N-dealkylation sites (tertiary alicyclic amines) is 1. The van der Waals surface area contributed by atoms with Crippen LogP contribution in [-0.4, -0.2) is 41.7 Å². The van der Waals surface area contributed by atoms with Gasteiger partial charge in [-0.05, 0) is 33.6 Å². The maximum Gasteiger partial charge on any atom is 0.275 e. The zero-order chi connectivity index (χ0) is 18.6. The van der Waals surface area contributed by atoms with Crippen LogP contribution in [0.15, 0.2) is 17.1 Å². The minimum atomic E-state index is -0.0993. The summed E-state index contributed by atoms with van der Waals surface area (Å²) in [7, 11) is 1.83. The van der Waals surface area contributed by atoms with E-state index in [0.29, 0.717) is 23.3 Å². The molecule has 3 aromatic rings. The van der Waals surface area contributed by atoms with E-state index in [1.807, 2.05) is 31.9 Å². The van der Waals surface area contributed by atoms with E-state index in [0.717, 1.165) is 29.9 Å². The van der Waals surface area contributed by atoms with Gasteiger partial charge in [-0.1, -0.05) is 0 Å². The minimum Gasteiger partial charge on any atom is -0.330 e. The molecule has 4 rings (SSSR count). The second-order valence-corrected chi connectivity index (χ2v) is 6.96. The Hall–Kier alpha value is -2.90. The molecular weight excluding hydrogens is 332 g/mol. The Morgan fingerprint density at radius 2 is 2.08 bits per heavy atom. The van der Waals surface area contributed by atoms with Gasteiger partial charge in [0.05, 0.1) is 23.5 Å². The summed E-state index contributed by atoms with van der Waals surface area (Å²) < 4.78 is 3.17. The molecule has 3 aromatic heterocycles. The van der Waals surface area contributed by atoms with Crippen LogP contribution in [0.25, 0.3) is 5.65 Å². The predicted molar refractivity (Wildman–Crippen MR) is 96.2 cm³/mol. The van der Waals surface area contributed by atoms with E-state index in [4.69, 9.17) is 0 Å². The third-order valence-electron chi connectivity index (χ3n) is 5.44. The van der Waals surface area contributed by atoms with Gasteiger partial charge in [-0.3, -0.25) is 19.4 Å². The average molecular weight is 354 g/mol. The van der Waals surface area contributed by atoms with Gasteiger partial charge in [-0.15, -0.1) is 0 Å². The van der Waals surface area contributed by atoms with Crippen molar-refractivity contribution in [3.63, 3.8) is 0 Å². The maximum absolute atomic E-state index is 13.0. The van der Waals surface area contributed by atoms with E-state index in [1.165, 1.54) is 4.52 Å². The third-order valence-corrected chi connectivity index (χ3v) is 5.44. The molecule has 1 fully saturated rings. The topological polar surface area (TPSA) is 88.3 Å². The number of aromatic nitrogens is 5. The van der Waals surface area contributed by atoms with E-state index in [9.17, 15) is 9.59 Å². The number of aromatic amines is 1. The van der Waals surface area contributed by atoms with Crippen molar-refractivity contribution in [1.29, 1.82) is 0 Å². The van der Waals surface area contributed by atoms with Crippen LogP contribution < -0.4 is 5.56 Å². The van der Waals surface area contributed by atoms with E-state index in [-0.39, 0.29) is 17.5 Å². The number of hydrogen-bond donors (Lipinski definition) is 1. The maximum atomic E-state index is 13.0. The van der Waals surface area contributed by atoms with Crippen molar-refractivity contribution < 1.29 is 4.79 Å². The molecule has 0 radical (unpaired) electrons. The van der Waals surface area contributed by atoms with Gasteiger partial charge >= 0.3 is 0 Å². The zero-order valence-corrected chi connectivity index (χ0v) is 15.4. The Labute approximate surface area is 150 Å². The van der Waals surface area contributed by atoms with Crippen LogP contribution in [0.4, 0.5) is 0 Å². The quantitative estimate of drug-likeness (QED) is 0.758. The van der Waals surface area contributed by atoms with E-state index in [1.54, 1.807) is 17.8 Å². The molecule has 0 aliphatic carbocycles. The van der Waals surface area contributed by atoms with E-state index >= 15 is 0 Å². The van der Waals surface area contributed by atoms with Crippen molar-refractivity contribution in [2.45, 2.75) is 39.7 Å². The number of nitrogens with one attached hydrogen (secondary N) is 1. The number of nitrogens with zero attached hydrogens (tertiary/aromatic N) is 5. The highest BCUT2D eigenvalue weighted by Crippen LogP contribution is 2.33. The Balaban J connectivity index is 1.74. The Bertz CT molecular complexity index is 1070. The minimum absolute atomic E-state index is 0.0237. The molecule has 8 heteroatoms. The normalized spacial score (nSPS) is 17.4. The van der Waals surface area contributed by atoms with Crippen LogP contribution >= 0.6 is 0 Å². The fourth-order valence-electron chi connectivity index (χ4n) is 3.60. The summed E-state index contributed by atoms with van der Waals surface area (Å²) in [6.45, 7) is 6.19. The van der Waals surface area contributed by atoms with Crippen LogP contribution in [0.1, 0.15) is 51.9 Å². The summed E-state index contributed by atoms with van der Waals surface area (Å²) in [4.78, 5) is 31.8. The van der Waals surface area contributed by atoms with Crippen molar-refractivity contribution >= 4 is 11.6 Å². The van der Waals surface area contributed by atoms with E-state index in [2.05, 4.69) is 15.2 Å². The lowest BCUT2D eigenvalue weighted by atomic mass is 10.1. The second-order valence-electron chi connectivity index (χ2n) is 6.96. The van der Waals surface area contributed by atoms with Crippen LogP contribution in [-0.2, 0) is 7.05 Å². The first-order valence-corrected chi connectivity index (χ1v) is 8.77. The summed E-state index contributed by atoms with van der Waals surface area (Å²) in [6, 6.07) is 1.78. The van der Waals surface area contributed by atoms with E-state index < -0.39 is 0 Å². The second kappa shape index (κ2) is 5.82. The lowest BCUT2D eigenvalue weighted by Gasteiger charge is -2.23. The first-order valence-electron chi connectivity index (χ1n) is 8.77. The number of carbonyl (C=O) groups excluding carboxylic acids is 1. The number of amides is 1. The monoisotopic (exact) mass is 354 g/mol. The van der Waals surface area contributed by atoms with Gasteiger partial charge in [0, 0.05) is 36.6 Å². The van der Waals surface area contributed by atoms with Crippen molar-refractivity contribution in [3.8, 4) is 0 Å². The molecule has 1 saturated heterocycles. The molecule has 0 aromatic carbocycles. The summed E-state index contributed by atoms with van der Waals surface area (Å²) in [6.07, 6.45) is 3.40. The highest BCUT2D eigenvalue weighted by Gasteiger charge is 2.33. The van der Waals surface area contributed by atoms with Crippen molar-refractivity contribution in [3.05, 3.63) is 50.8 Å². The lowest BCUT2D eigenvalue weighted by Crippen LogP contribution is -2.31. The van der Waals surface area contributed by atoms with Crippen molar-refractivity contribution in [2.24, 2.45) is 7.05 Å². The van der Waals surface area contributed by atoms with Gasteiger partial charge in [0.2, 0.25) is 0 Å². The van der Waals surface area contributed by atoms with Crippen LogP contribution in [0, 0.1) is 20.8 Å². The molecule has 1 amide bonds. The van der Waals surface area contributed by atoms with Gasteiger partial charge in [-0.2, -0.15) is 5.10 Å². The van der Waals surface area contributed by atoms with Gasteiger partial charge < -0.3 is 4.90 Å². The molecule has 136 valence electrons. The van der Waals surface area contributed by atoms with Crippen LogP contribution in [0.3, 0.4) is 0 Å². The summed E-state index contributed by atoms with van der Waals surface area (Å²) in [5.74, 6) is -0.0237. The average Bonchev–Trinajstić information content (AvgIpc) is 3.32. The molecule has 1 N–H and O–H groups in total. The standard InChI is InChI=1S/C18H22N6O2/c1-10-11(2)20-16-8-14(21-24(16)17(10)25)15-6-5-7-23(15)18(26)13-9-19-22(4)12(13)3/h8-9,15,21H,5-7H2,1-4H3. The highest BCUT2D eigenvalue weighted by atomic mass is 16.2. The molecule has 1 aliphatic heterocycles. The zero-order valence-electron chi connectivity index (χ0n) is 15.4. The molecule has 8 nitrogen and oxygen atoms in total. The third kappa shape index (κ3) is 2.36. The Morgan fingerprint density at radius 3 is 2.77 bits per heavy atom. The smallest absolute Gasteiger partial charge is 0.275 e. The number of carbonyl (C=O) groups is 1. The molecular formula is C18H22N6O2. The number of aryl methyl sites for hydroxylation is 2. The molecule has 1 aliphatic rings. The molecule has 4 heterocycles. The number of H-pyrrole nitrogens is 1. The summed E-state index contributed by atoms with van der Waals surface area (Å²) >= 11 is 0. The first-order chi connectivity index (χ1) is 12.4.